The minimum absolute atomic E-state index is 0.0121. The highest BCUT2D eigenvalue weighted by Crippen LogP contribution is 2.16. The van der Waals surface area contributed by atoms with Crippen LogP contribution >= 0.6 is 0 Å². The minimum atomic E-state index is -0.476. The first-order valence-corrected chi connectivity index (χ1v) is 6.69. The number of carbonyl (C=O) groups is 1. The Morgan fingerprint density at radius 1 is 1.10 bits per heavy atom. The number of nitrogens with zero attached hydrogens (tertiary/aromatic N) is 2. The zero-order valence-corrected chi connectivity index (χ0v) is 11.7. The number of Topliss-reactive ketones (excluding diaryl/α,β-unsaturated/α-hetero) is 1. The molecule has 21 heavy (non-hydrogen) atoms. The van der Waals surface area contributed by atoms with Gasteiger partial charge < -0.3 is 4.90 Å². The van der Waals surface area contributed by atoms with Crippen molar-refractivity contribution in [2.75, 3.05) is 18.0 Å². The van der Waals surface area contributed by atoms with Crippen LogP contribution in [0.5, 0.6) is 0 Å². The van der Waals surface area contributed by atoms with E-state index >= 15 is 0 Å². The van der Waals surface area contributed by atoms with E-state index in [4.69, 9.17) is 0 Å². The highest BCUT2D eigenvalue weighted by Gasteiger charge is 2.13. The van der Waals surface area contributed by atoms with E-state index in [1.807, 2.05) is 42.2 Å². The van der Waals surface area contributed by atoms with E-state index in [-0.39, 0.29) is 18.0 Å². The summed E-state index contributed by atoms with van der Waals surface area (Å²) in [4.78, 5) is 24.3. The number of ketones is 1. The summed E-state index contributed by atoms with van der Waals surface area (Å²) in [5.74, 6) is -0.0596. The van der Waals surface area contributed by atoms with Crippen LogP contribution in [-0.2, 0) is 0 Å². The standard InChI is InChI=1S/C16H16N2O3/c1-2-17(14-6-4-3-5-7-14)12-16(19)13-8-10-15(11-9-13)18(20)21/h3-11H,2,12H2,1H3. The molecule has 0 amide bonds. The molecule has 0 saturated heterocycles. The van der Waals surface area contributed by atoms with Gasteiger partial charge in [-0.05, 0) is 31.2 Å². The van der Waals surface area contributed by atoms with Gasteiger partial charge in [0.15, 0.2) is 5.78 Å². The summed E-state index contributed by atoms with van der Waals surface area (Å²) in [6.45, 7) is 2.94. The maximum atomic E-state index is 12.3. The van der Waals surface area contributed by atoms with Crippen LogP contribution in [0.1, 0.15) is 17.3 Å². The van der Waals surface area contributed by atoms with Gasteiger partial charge in [-0.15, -0.1) is 0 Å². The lowest BCUT2D eigenvalue weighted by Gasteiger charge is -2.22. The van der Waals surface area contributed by atoms with Crippen LogP contribution in [-0.4, -0.2) is 23.8 Å². The van der Waals surface area contributed by atoms with Crippen LogP contribution in [0.3, 0.4) is 0 Å². The number of anilines is 1. The Morgan fingerprint density at radius 2 is 1.71 bits per heavy atom. The number of nitro benzene ring substituents is 1. The minimum Gasteiger partial charge on any atom is -0.364 e. The fourth-order valence-corrected chi connectivity index (χ4v) is 2.06. The topological polar surface area (TPSA) is 63.5 Å². The van der Waals surface area contributed by atoms with Gasteiger partial charge in [-0.3, -0.25) is 14.9 Å². The van der Waals surface area contributed by atoms with Crippen molar-refractivity contribution in [2.45, 2.75) is 6.92 Å². The first-order valence-electron chi connectivity index (χ1n) is 6.69. The highest BCUT2D eigenvalue weighted by molar-refractivity contribution is 5.99. The molecule has 0 fully saturated rings. The number of hydrogen-bond donors (Lipinski definition) is 0. The predicted octanol–water partition coefficient (Wildman–Crippen LogP) is 3.30. The predicted molar refractivity (Wildman–Crippen MR) is 81.8 cm³/mol. The summed E-state index contributed by atoms with van der Waals surface area (Å²) < 4.78 is 0. The second-order valence-electron chi connectivity index (χ2n) is 4.58. The van der Waals surface area contributed by atoms with E-state index in [1.165, 1.54) is 24.3 Å². The maximum Gasteiger partial charge on any atom is 0.269 e. The summed E-state index contributed by atoms with van der Waals surface area (Å²) in [5, 5.41) is 10.6. The van der Waals surface area contributed by atoms with Crippen molar-refractivity contribution >= 4 is 17.2 Å². The summed E-state index contributed by atoms with van der Waals surface area (Å²) in [7, 11) is 0. The molecule has 0 aliphatic heterocycles. The average molecular weight is 284 g/mol. The summed E-state index contributed by atoms with van der Waals surface area (Å²) in [6.07, 6.45) is 0. The number of rotatable bonds is 6. The third-order valence-corrected chi connectivity index (χ3v) is 3.24. The lowest BCUT2D eigenvalue weighted by atomic mass is 10.1. The molecule has 0 unspecified atom stereocenters. The van der Waals surface area contributed by atoms with E-state index in [1.54, 1.807) is 0 Å². The van der Waals surface area contributed by atoms with Crippen molar-refractivity contribution in [2.24, 2.45) is 0 Å². The van der Waals surface area contributed by atoms with Crippen LogP contribution in [0.15, 0.2) is 54.6 Å². The van der Waals surface area contributed by atoms with Crippen molar-refractivity contribution in [3.63, 3.8) is 0 Å². The lowest BCUT2D eigenvalue weighted by molar-refractivity contribution is -0.384. The lowest BCUT2D eigenvalue weighted by Crippen LogP contribution is -2.29. The molecule has 0 N–H and O–H groups in total. The molecule has 0 radical (unpaired) electrons. The molecule has 5 nitrogen and oxygen atoms in total. The number of likely N-dealkylation sites (N-methyl/N-ethyl adjacent to an activating group) is 1. The molecule has 0 aromatic heterocycles. The summed E-state index contributed by atoms with van der Waals surface area (Å²) in [5.41, 5.74) is 1.45. The van der Waals surface area contributed by atoms with E-state index in [0.29, 0.717) is 12.1 Å². The van der Waals surface area contributed by atoms with E-state index in [0.717, 1.165) is 5.69 Å². The molecule has 0 spiro atoms. The fraction of sp³-hybridized carbons (Fsp3) is 0.188. The average Bonchev–Trinajstić information content (AvgIpc) is 2.53. The van der Waals surface area contributed by atoms with Crippen molar-refractivity contribution in [1.29, 1.82) is 0 Å². The van der Waals surface area contributed by atoms with Gasteiger partial charge in [-0.2, -0.15) is 0 Å². The molecule has 2 aromatic carbocycles. The third-order valence-electron chi connectivity index (χ3n) is 3.24. The molecule has 0 saturated carbocycles. The summed E-state index contributed by atoms with van der Waals surface area (Å²) >= 11 is 0. The number of carbonyl (C=O) groups excluding carboxylic acids is 1. The molecular weight excluding hydrogens is 268 g/mol. The quantitative estimate of drug-likeness (QED) is 0.464. The SMILES string of the molecule is CCN(CC(=O)c1ccc([N+](=O)[O-])cc1)c1ccccc1. The van der Waals surface area contributed by atoms with Gasteiger partial charge in [0.2, 0.25) is 0 Å². The first kappa shape index (κ1) is 14.7. The first-order chi connectivity index (χ1) is 10.1. The van der Waals surface area contributed by atoms with Crippen LogP contribution in [0.25, 0.3) is 0 Å². The van der Waals surface area contributed by atoms with Gasteiger partial charge in [0.25, 0.3) is 5.69 Å². The Labute approximate surface area is 123 Å². The monoisotopic (exact) mass is 284 g/mol. The van der Waals surface area contributed by atoms with Crippen LogP contribution in [0.4, 0.5) is 11.4 Å². The number of nitro groups is 1. The van der Waals surface area contributed by atoms with Crippen molar-refractivity contribution in [3.8, 4) is 0 Å². The van der Waals surface area contributed by atoms with E-state index < -0.39 is 4.92 Å². The van der Waals surface area contributed by atoms with Gasteiger partial charge >= 0.3 is 0 Å². The van der Waals surface area contributed by atoms with E-state index in [2.05, 4.69) is 0 Å². The molecule has 5 heteroatoms. The smallest absolute Gasteiger partial charge is 0.269 e. The van der Waals surface area contributed by atoms with Gasteiger partial charge in [0, 0.05) is 29.9 Å². The molecule has 0 aliphatic rings. The van der Waals surface area contributed by atoms with Gasteiger partial charge in [0.05, 0.1) is 11.5 Å². The molecular formula is C16H16N2O3. The molecule has 0 heterocycles. The van der Waals surface area contributed by atoms with Crippen LogP contribution in [0, 0.1) is 10.1 Å². The number of hydrogen-bond acceptors (Lipinski definition) is 4. The normalized spacial score (nSPS) is 10.1. The number of para-hydroxylation sites is 1. The molecule has 2 rings (SSSR count). The Kier molecular flexibility index (Phi) is 4.66. The Hall–Kier alpha value is -2.69. The molecule has 0 bridgehead atoms. The largest absolute Gasteiger partial charge is 0.364 e. The Morgan fingerprint density at radius 3 is 2.24 bits per heavy atom. The number of non-ortho nitro benzene ring substituents is 1. The molecule has 0 atom stereocenters. The Balaban J connectivity index is 2.11. The van der Waals surface area contributed by atoms with Gasteiger partial charge in [-0.25, -0.2) is 0 Å². The molecule has 2 aromatic rings. The summed E-state index contributed by atoms with van der Waals surface area (Å²) in [6, 6.07) is 15.4. The number of benzene rings is 2. The molecule has 108 valence electrons. The fourth-order valence-electron chi connectivity index (χ4n) is 2.06. The van der Waals surface area contributed by atoms with Crippen molar-refractivity contribution in [3.05, 3.63) is 70.3 Å². The van der Waals surface area contributed by atoms with Crippen molar-refractivity contribution < 1.29 is 9.72 Å². The second-order valence-corrected chi connectivity index (χ2v) is 4.58. The maximum absolute atomic E-state index is 12.3. The van der Waals surface area contributed by atoms with Gasteiger partial charge in [-0.1, -0.05) is 18.2 Å². The second kappa shape index (κ2) is 6.65. The zero-order chi connectivity index (χ0) is 15.2. The van der Waals surface area contributed by atoms with Crippen molar-refractivity contribution in [1.82, 2.24) is 0 Å². The van der Waals surface area contributed by atoms with Crippen LogP contribution < -0.4 is 4.90 Å². The molecule has 0 aliphatic carbocycles. The highest BCUT2D eigenvalue weighted by atomic mass is 16.6. The Bertz CT molecular complexity index is 624. The van der Waals surface area contributed by atoms with Gasteiger partial charge in [0.1, 0.15) is 0 Å². The van der Waals surface area contributed by atoms with Crippen LogP contribution in [0.2, 0.25) is 0 Å². The third kappa shape index (κ3) is 3.66. The van der Waals surface area contributed by atoms with E-state index in [9.17, 15) is 14.9 Å². The zero-order valence-electron chi connectivity index (χ0n) is 11.7.